The molecule has 4 aromatic rings. The molecule has 10 heteroatoms. The molecule has 0 aliphatic rings. The Kier molecular flexibility index (Phi) is 4.90. The zero-order valence-electron chi connectivity index (χ0n) is 15.4. The first kappa shape index (κ1) is 19.0. The maximum absolute atomic E-state index is 12.5. The largest absolute Gasteiger partial charge is 0.335 e. The second-order valence-corrected chi connectivity index (χ2v) is 9.31. The van der Waals surface area contributed by atoms with Crippen LogP contribution in [0.1, 0.15) is 28.4 Å². The molecule has 0 saturated carbocycles. The molecule has 3 heterocycles. The van der Waals surface area contributed by atoms with Gasteiger partial charge in [-0.3, -0.25) is 4.79 Å². The average molecular weight is 433 g/mol. The van der Waals surface area contributed by atoms with E-state index < -0.39 is 0 Å². The number of fused-ring (bicyclic) bond motifs is 1. The maximum Gasteiger partial charge on any atom is 0.259 e. The molecule has 28 heavy (non-hydrogen) atoms. The molecule has 3 N–H and O–H groups in total. The van der Waals surface area contributed by atoms with Crippen molar-refractivity contribution in [3.8, 4) is 11.4 Å². The van der Waals surface area contributed by atoms with Crippen molar-refractivity contribution in [1.82, 2.24) is 24.8 Å². The minimum atomic E-state index is -0.163. The van der Waals surface area contributed by atoms with Crippen LogP contribution in [0.4, 0.5) is 0 Å². The molecule has 0 spiro atoms. The highest BCUT2D eigenvalue weighted by Gasteiger charge is 2.20. The third-order valence-electron chi connectivity index (χ3n) is 4.49. The lowest BCUT2D eigenvalue weighted by Gasteiger charge is -2.10. The summed E-state index contributed by atoms with van der Waals surface area (Å²) in [5.41, 5.74) is 1.68. The fourth-order valence-electron chi connectivity index (χ4n) is 2.83. The Hall–Kier alpha value is -2.36. The van der Waals surface area contributed by atoms with Gasteiger partial charge >= 0.3 is 0 Å². The van der Waals surface area contributed by atoms with Crippen molar-refractivity contribution in [3.05, 3.63) is 55.9 Å². The van der Waals surface area contributed by atoms with Gasteiger partial charge in [-0.15, -0.1) is 21.5 Å². The number of thiophene rings is 1. The van der Waals surface area contributed by atoms with E-state index in [1.54, 1.807) is 12.1 Å². The van der Waals surface area contributed by atoms with Gasteiger partial charge < -0.3 is 10.8 Å². The summed E-state index contributed by atoms with van der Waals surface area (Å²) in [6.07, 6.45) is 0. The van der Waals surface area contributed by atoms with Gasteiger partial charge in [0, 0.05) is 15.5 Å². The van der Waals surface area contributed by atoms with E-state index in [2.05, 4.69) is 20.2 Å². The molecule has 0 bridgehead atoms. The summed E-state index contributed by atoms with van der Waals surface area (Å²) in [7, 11) is 0. The molecule has 1 atom stereocenters. The highest BCUT2D eigenvalue weighted by Crippen LogP contribution is 2.34. The molecule has 0 fully saturated rings. The minimum absolute atomic E-state index is 0.120. The molecule has 7 nitrogen and oxygen atoms in total. The fraction of sp³-hybridized carbons (Fsp3) is 0.222. The first-order valence-electron chi connectivity index (χ1n) is 8.48. The number of aromatic amines is 1. The Labute approximate surface area is 173 Å². The molecule has 0 unspecified atom stereocenters. The highest BCUT2D eigenvalue weighted by molar-refractivity contribution is 7.99. The quantitative estimate of drug-likeness (QED) is 0.372. The van der Waals surface area contributed by atoms with Gasteiger partial charge in [0.2, 0.25) is 5.16 Å². The fourth-order valence-corrected chi connectivity index (χ4v) is 4.82. The van der Waals surface area contributed by atoms with Crippen LogP contribution in [0.5, 0.6) is 0 Å². The Bertz CT molecular complexity index is 1230. The van der Waals surface area contributed by atoms with E-state index in [-0.39, 0.29) is 10.8 Å². The summed E-state index contributed by atoms with van der Waals surface area (Å²) >= 11 is 8.84. The van der Waals surface area contributed by atoms with Gasteiger partial charge in [-0.05, 0) is 50.6 Å². The summed E-state index contributed by atoms with van der Waals surface area (Å²) in [5, 5.41) is 10.0. The number of benzene rings is 1. The molecule has 1 aromatic carbocycles. The van der Waals surface area contributed by atoms with Crippen LogP contribution in [0, 0.1) is 13.8 Å². The van der Waals surface area contributed by atoms with Crippen LogP contribution >= 0.6 is 34.7 Å². The van der Waals surface area contributed by atoms with E-state index >= 15 is 0 Å². The predicted molar refractivity (Wildman–Crippen MR) is 115 cm³/mol. The van der Waals surface area contributed by atoms with Crippen molar-refractivity contribution in [1.29, 1.82) is 0 Å². The summed E-state index contributed by atoms with van der Waals surface area (Å²) in [4.78, 5) is 21.9. The van der Waals surface area contributed by atoms with Gasteiger partial charge in [0.15, 0.2) is 5.82 Å². The van der Waals surface area contributed by atoms with Crippen molar-refractivity contribution >= 4 is 44.9 Å². The minimum Gasteiger partial charge on any atom is -0.335 e. The third kappa shape index (κ3) is 3.30. The van der Waals surface area contributed by atoms with Gasteiger partial charge in [-0.25, -0.2) is 9.66 Å². The van der Waals surface area contributed by atoms with Crippen LogP contribution < -0.4 is 11.4 Å². The van der Waals surface area contributed by atoms with E-state index in [1.807, 2.05) is 32.9 Å². The maximum atomic E-state index is 12.5. The number of halogens is 1. The molecule has 4 rings (SSSR count). The zero-order valence-corrected chi connectivity index (χ0v) is 17.7. The Morgan fingerprint density at radius 1 is 1.25 bits per heavy atom. The number of thioether (sulfide) groups is 1. The smallest absolute Gasteiger partial charge is 0.259 e. The number of rotatable bonds is 4. The molecule has 0 aliphatic heterocycles. The first-order chi connectivity index (χ1) is 13.3. The topological polar surface area (TPSA) is 102 Å². The summed E-state index contributed by atoms with van der Waals surface area (Å²) in [5.74, 6) is 7.31. The lowest BCUT2D eigenvalue weighted by atomic mass is 10.2. The Balaban J connectivity index is 1.64. The normalized spacial score (nSPS) is 12.6. The van der Waals surface area contributed by atoms with Crippen molar-refractivity contribution < 1.29 is 0 Å². The van der Waals surface area contributed by atoms with Crippen molar-refractivity contribution in [2.45, 2.75) is 31.2 Å². The lowest BCUT2D eigenvalue weighted by molar-refractivity contribution is 0.835. The number of hydrogen-bond acceptors (Lipinski definition) is 7. The second-order valence-electron chi connectivity index (χ2n) is 6.36. The second kappa shape index (κ2) is 7.23. The van der Waals surface area contributed by atoms with Crippen LogP contribution in [-0.2, 0) is 0 Å². The number of aromatic nitrogens is 5. The van der Waals surface area contributed by atoms with E-state index in [4.69, 9.17) is 17.4 Å². The standard InChI is InChI=1S/C18H17ClN6OS2/c1-8-9(2)27-17-13(8)16(26)21-14(22-17)10(3)28-18-24-23-15(25(18)20)11-4-6-12(19)7-5-11/h4-7,10H,20H2,1-3H3,(H,21,22,26)/t10-/m0/s1. The van der Waals surface area contributed by atoms with Crippen molar-refractivity contribution in [2.75, 3.05) is 5.84 Å². The lowest BCUT2D eigenvalue weighted by Crippen LogP contribution is -2.14. The average Bonchev–Trinajstić information content (AvgIpc) is 3.16. The molecule has 144 valence electrons. The molecule has 0 aliphatic carbocycles. The summed E-state index contributed by atoms with van der Waals surface area (Å²) in [6.45, 7) is 5.88. The number of nitrogen functional groups attached to an aromatic ring is 1. The SMILES string of the molecule is Cc1sc2nc([C@H](C)Sc3nnc(-c4ccc(Cl)cc4)n3N)[nH]c(=O)c2c1C. The van der Waals surface area contributed by atoms with E-state index in [9.17, 15) is 4.79 Å². The van der Waals surface area contributed by atoms with Crippen molar-refractivity contribution in [2.24, 2.45) is 0 Å². The van der Waals surface area contributed by atoms with Crippen LogP contribution in [-0.4, -0.2) is 24.8 Å². The van der Waals surface area contributed by atoms with Crippen LogP contribution in [0.25, 0.3) is 21.6 Å². The van der Waals surface area contributed by atoms with Crippen LogP contribution in [0.15, 0.2) is 34.2 Å². The molecule has 0 saturated heterocycles. The Morgan fingerprint density at radius 3 is 2.68 bits per heavy atom. The van der Waals surface area contributed by atoms with Crippen LogP contribution in [0.2, 0.25) is 5.02 Å². The molecule has 0 amide bonds. The molecular formula is C18H17ClN6OS2. The molecule has 3 aromatic heterocycles. The predicted octanol–water partition coefficient (Wildman–Crippen LogP) is 4.08. The number of aryl methyl sites for hydroxylation is 2. The van der Waals surface area contributed by atoms with E-state index in [1.165, 1.54) is 27.8 Å². The monoisotopic (exact) mass is 432 g/mol. The Morgan fingerprint density at radius 2 is 1.96 bits per heavy atom. The van der Waals surface area contributed by atoms with Gasteiger partial charge in [-0.1, -0.05) is 23.4 Å². The zero-order chi connectivity index (χ0) is 20.0. The van der Waals surface area contributed by atoms with Gasteiger partial charge in [-0.2, -0.15) is 0 Å². The molecular weight excluding hydrogens is 416 g/mol. The number of nitrogens with one attached hydrogen (secondary N) is 1. The number of nitrogens with two attached hydrogens (primary N) is 1. The third-order valence-corrected chi connectivity index (χ3v) is 6.91. The summed E-state index contributed by atoms with van der Waals surface area (Å²) in [6, 6.07) is 7.22. The summed E-state index contributed by atoms with van der Waals surface area (Å²) < 4.78 is 1.43. The van der Waals surface area contributed by atoms with Gasteiger partial charge in [0.1, 0.15) is 10.7 Å². The number of H-pyrrole nitrogens is 1. The van der Waals surface area contributed by atoms with E-state index in [0.29, 0.717) is 27.2 Å². The van der Waals surface area contributed by atoms with Gasteiger partial charge in [0.05, 0.1) is 10.6 Å². The van der Waals surface area contributed by atoms with E-state index in [0.717, 1.165) is 20.8 Å². The highest BCUT2D eigenvalue weighted by atomic mass is 35.5. The van der Waals surface area contributed by atoms with Crippen LogP contribution in [0.3, 0.4) is 0 Å². The van der Waals surface area contributed by atoms with Gasteiger partial charge in [0.25, 0.3) is 5.56 Å². The number of nitrogens with zero attached hydrogens (tertiary/aromatic N) is 4. The number of hydrogen-bond donors (Lipinski definition) is 2. The molecule has 0 radical (unpaired) electrons. The van der Waals surface area contributed by atoms with Crippen molar-refractivity contribution in [3.63, 3.8) is 0 Å². The first-order valence-corrected chi connectivity index (χ1v) is 10.6.